The fourth-order valence-electron chi connectivity index (χ4n) is 2.34. The van der Waals surface area contributed by atoms with E-state index in [9.17, 15) is 4.79 Å². The molecule has 0 bridgehead atoms. The second-order valence-corrected chi connectivity index (χ2v) is 5.96. The van der Waals surface area contributed by atoms with Crippen molar-refractivity contribution >= 4 is 17.0 Å². The molecule has 0 aromatic heterocycles. The molecule has 0 saturated carbocycles. The Morgan fingerprint density at radius 2 is 1.80 bits per heavy atom. The topological polar surface area (TPSA) is 29.5 Å². The molecule has 1 fully saturated rings. The molecule has 0 atom stereocenters. The second kappa shape index (κ2) is 8.20. The second-order valence-electron chi connectivity index (χ2n) is 5.03. The molecule has 1 saturated heterocycles. The number of benzene rings is 1. The van der Waals surface area contributed by atoms with Crippen LogP contribution in [0.15, 0.2) is 24.3 Å². The van der Waals surface area contributed by atoms with Gasteiger partial charge in [-0.15, -0.1) is 0 Å². The summed E-state index contributed by atoms with van der Waals surface area (Å²) in [5.41, 5.74) is 1.17. The van der Waals surface area contributed by atoms with Crippen LogP contribution < -0.4 is 4.74 Å². The molecule has 20 heavy (non-hydrogen) atoms. The van der Waals surface area contributed by atoms with Crippen molar-refractivity contribution in [2.24, 2.45) is 0 Å². The Balaban J connectivity index is 1.80. The minimum absolute atomic E-state index is 0.223. The monoisotopic (exact) mass is 293 g/mol. The highest BCUT2D eigenvalue weighted by atomic mass is 32.2. The van der Waals surface area contributed by atoms with Gasteiger partial charge in [0.05, 0.1) is 6.61 Å². The number of likely N-dealkylation sites (tertiary alicyclic amines) is 1. The van der Waals surface area contributed by atoms with Crippen LogP contribution in [-0.2, 0) is 5.75 Å². The number of amides is 1. The summed E-state index contributed by atoms with van der Waals surface area (Å²) in [6.07, 6.45) is 4.81. The van der Waals surface area contributed by atoms with Crippen LogP contribution in [0.4, 0.5) is 4.79 Å². The van der Waals surface area contributed by atoms with Crippen LogP contribution in [0.5, 0.6) is 5.75 Å². The maximum atomic E-state index is 12.2. The van der Waals surface area contributed by atoms with E-state index in [0.717, 1.165) is 37.4 Å². The van der Waals surface area contributed by atoms with Crippen molar-refractivity contribution in [3.63, 3.8) is 0 Å². The van der Waals surface area contributed by atoms with E-state index in [1.54, 1.807) is 0 Å². The Morgan fingerprint density at radius 3 is 2.40 bits per heavy atom. The normalized spacial score (nSPS) is 15.8. The van der Waals surface area contributed by atoms with Crippen LogP contribution in [0.2, 0.25) is 0 Å². The molecule has 1 aliphatic rings. The van der Waals surface area contributed by atoms with Crippen molar-refractivity contribution in [3.8, 4) is 5.75 Å². The Hall–Kier alpha value is -1.16. The van der Waals surface area contributed by atoms with Gasteiger partial charge >= 0.3 is 0 Å². The van der Waals surface area contributed by atoms with Gasteiger partial charge in [0, 0.05) is 18.8 Å². The van der Waals surface area contributed by atoms with Crippen molar-refractivity contribution in [1.82, 2.24) is 4.90 Å². The van der Waals surface area contributed by atoms with Gasteiger partial charge in [0.15, 0.2) is 0 Å². The molecule has 0 unspecified atom stereocenters. The molecule has 1 aromatic carbocycles. The Kier molecular flexibility index (Phi) is 6.25. The van der Waals surface area contributed by atoms with E-state index in [1.807, 2.05) is 36.1 Å². The van der Waals surface area contributed by atoms with Crippen molar-refractivity contribution in [1.29, 1.82) is 0 Å². The summed E-state index contributed by atoms with van der Waals surface area (Å²) < 4.78 is 5.41. The maximum Gasteiger partial charge on any atom is 0.281 e. The number of carbonyl (C=O) groups is 1. The molecule has 0 radical (unpaired) electrons. The molecule has 1 aliphatic heterocycles. The highest BCUT2D eigenvalue weighted by molar-refractivity contribution is 8.12. The van der Waals surface area contributed by atoms with Crippen molar-refractivity contribution in [2.45, 2.75) is 38.4 Å². The van der Waals surface area contributed by atoms with Crippen LogP contribution in [0.3, 0.4) is 0 Å². The molecule has 4 heteroatoms. The predicted molar refractivity (Wildman–Crippen MR) is 84.3 cm³/mol. The molecular weight excluding hydrogens is 270 g/mol. The third-order valence-corrected chi connectivity index (χ3v) is 4.44. The number of hydrogen-bond acceptors (Lipinski definition) is 3. The first-order chi connectivity index (χ1) is 9.79. The first-order valence-electron chi connectivity index (χ1n) is 7.43. The van der Waals surface area contributed by atoms with E-state index in [-0.39, 0.29) is 5.24 Å². The molecule has 1 heterocycles. The lowest BCUT2D eigenvalue weighted by Gasteiger charge is -2.19. The predicted octanol–water partition coefficient (Wildman–Crippen LogP) is 4.31. The minimum atomic E-state index is 0.223. The van der Waals surface area contributed by atoms with E-state index in [1.165, 1.54) is 30.2 Å². The van der Waals surface area contributed by atoms with Gasteiger partial charge in [-0.25, -0.2) is 0 Å². The molecule has 1 aromatic rings. The molecule has 0 N–H and O–H groups in total. The fourth-order valence-corrected chi connectivity index (χ4v) is 3.19. The van der Waals surface area contributed by atoms with Gasteiger partial charge in [0.2, 0.25) is 0 Å². The van der Waals surface area contributed by atoms with Crippen LogP contribution in [-0.4, -0.2) is 29.8 Å². The molecule has 110 valence electrons. The Bertz CT molecular complexity index is 411. The van der Waals surface area contributed by atoms with E-state index in [4.69, 9.17) is 4.74 Å². The summed E-state index contributed by atoms with van der Waals surface area (Å²) in [6.45, 7) is 4.51. The van der Waals surface area contributed by atoms with Crippen molar-refractivity contribution in [3.05, 3.63) is 29.8 Å². The quantitative estimate of drug-likeness (QED) is 0.828. The Morgan fingerprint density at radius 1 is 1.15 bits per heavy atom. The van der Waals surface area contributed by atoms with Gasteiger partial charge in [-0.1, -0.05) is 36.7 Å². The van der Waals surface area contributed by atoms with Gasteiger partial charge in [-0.3, -0.25) is 4.79 Å². The summed E-state index contributed by atoms with van der Waals surface area (Å²) in [5.74, 6) is 1.63. The van der Waals surface area contributed by atoms with E-state index >= 15 is 0 Å². The van der Waals surface area contributed by atoms with Crippen LogP contribution >= 0.6 is 11.8 Å². The highest BCUT2D eigenvalue weighted by Gasteiger charge is 2.15. The summed E-state index contributed by atoms with van der Waals surface area (Å²) in [7, 11) is 0. The third-order valence-electron chi connectivity index (χ3n) is 3.46. The largest absolute Gasteiger partial charge is 0.494 e. The van der Waals surface area contributed by atoms with Crippen LogP contribution in [0, 0.1) is 0 Å². The zero-order valence-corrected chi connectivity index (χ0v) is 13.0. The van der Waals surface area contributed by atoms with Gasteiger partial charge in [0.1, 0.15) is 5.75 Å². The zero-order valence-electron chi connectivity index (χ0n) is 12.1. The van der Waals surface area contributed by atoms with Crippen LogP contribution in [0.25, 0.3) is 0 Å². The maximum absolute atomic E-state index is 12.2. The smallest absolute Gasteiger partial charge is 0.281 e. The average Bonchev–Trinajstić information content (AvgIpc) is 2.76. The summed E-state index contributed by atoms with van der Waals surface area (Å²) in [4.78, 5) is 14.2. The Labute approximate surface area is 125 Å². The van der Waals surface area contributed by atoms with Gasteiger partial charge < -0.3 is 9.64 Å². The number of ether oxygens (including phenoxy) is 1. The van der Waals surface area contributed by atoms with E-state index in [0.29, 0.717) is 6.61 Å². The van der Waals surface area contributed by atoms with Gasteiger partial charge in [-0.2, -0.15) is 0 Å². The first-order valence-corrected chi connectivity index (χ1v) is 8.41. The summed E-state index contributed by atoms with van der Waals surface area (Å²) in [6, 6.07) is 8.01. The van der Waals surface area contributed by atoms with Gasteiger partial charge in [-0.05, 0) is 37.5 Å². The van der Waals surface area contributed by atoms with Crippen molar-refractivity contribution < 1.29 is 9.53 Å². The highest BCUT2D eigenvalue weighted by Crippen LogP contribution is 2.21. The summed E-state index contributed by atoms with van der Waals surface area (Å²) in [5, 5.41) is 0.223. The first kappa shape index (κ1) is 15.2. The lowest BCUT2D eigenvalue weighted by atomic mass is 10.2. The lowest BCUT2D eigenvalue weighted by molar-refractivity contribution is 0.225. The molecular formula is C16H23NO2S. The van der Waals surface area contributed by atoms with Gasteiger partial charge in [0.25, 0.3) is 5.24 Å². The molecule has 1 amide bonds. The minimum Gasteiger partial charge on any atom is -0.494 e. The van der Waals surface area contributed by atoms with Crippen molar-refractivity contribution in [2.75, 3.05) is 19.7 Å². The molecule has 2 rings (SSSR count). The molecule has 3 nitrogen and oxygen atoms in total. The number of hydrogen-bond donors (Lipinski definition) is 0. The van der Waals surface area contributed by atoms with E-state index in [2.05, 4.69) is 0 Å². The SMILES string of the molecule is CCOc1ccc(CSC(=O)N2CCCCCC2)cc1. The number of rotatable bonds is 4. The zero-order chi connectivity index (χ0) is 14.2. The molecule has 0 aliphatic carbocycles. The summed E-state index contributed by atoms with van der Waals surface area (Å²) >= 11 is 1.41. The number of nitrogens with zero attached hydrogens (tertiary/aromatic N) is 1. The standard InChI is InChI=1S/C16H23NO2S/c1-2-19-15-9-7-14(8-10-15)13-20-16(18)17-11-5-3-4-6-12-17/h7-10H,2-6,11-13H2,1H3. The molecule has 0 spiro atoms. The number of thioether (sulfide) groups is 1. The van der Waals surface area contributed by atoms with E-state index < -0.39 is 0 Å². The average molecular weight is 293 g/mol. The lowest BCUT2D eigenvalue weighted by Crippen LogP contribution is -2.28. The van der Waals surface area contributed by atoms with Crippen LogP contribution in [0.1, 0.15) is 38.2 Å². The number of carbonyl (C=O) groups excluding carboxylic acids is 1. The third kappa shape index (κ3) is 4.75. The fraction of sp³-hybridized carbons (Fsp3) is 0.562.